The molecule has 8 heteroatoms. The van der Waals surface area contributed by atoms with Gasteiger partial charge in [-0.05, 0) is 98.2 Å². The normalized spacial score (nSPS) is 29.0. The maximum atomic E-state index is 14.1. The molecule has 1 N–H and O–H groups in total. The summed E-state index contributed by atoms with van der Waals surface area (Å²) in [5, 5.41) is 9.71. The maximum Gasteiger partial charge on any atom is 0.416 e. The fourth-order valence-corrected chi connectivity index (χ4v) is 7.83. The lowest BCUT2D eigenvalue weighted by atomic mass is 9.73. The third-order valence-corrected chi connectivity index (χ3v) is 10.1. The van der Waals surface area contributed by atoms with Crippen LogP contribution in [-0.4, -0.2) is 34.7 Å². The van der Waals surface area contributed by atoms with E-state index in [1.54, 1.807) is 13.8 Å². The van der Waals surface area contributed by atoms with Gasteiger partial charge in [0, 0.05) is 31.0 Å². The van der Waals surface area contributed by atoms with E-state index < -0.39 is 35.5 Å². The first-order valence-corrected chi connectivity index (χ1v) is 14.1. The molecule has 39 heavy (non-hydrogen) atoms. The van der Waals surface area contributed by atoms with Gasteiger partial charge in [-0.15, -0.1) is 0 Å². The van der Waals surface area contributed by atoms with E-state index in [4.69, 9.17) is 4.74 Å². The summed E-state index contributed by atoms with van der Waals surface area (Å²) < 4.78 is 62.2. The summed E-state index contributed by atoms with van der Waals surface area (Å²) in [6.07, 6.45) is 1.16. The number of hydrogen-bond acceptors (Lipinski definition) is 3. The Labute approximate surface area is 226 Å². The molecule has 0 aromatic heterocycles. The first-order valence-electron chi connectivity index (χ1n) is 14.1. The third kappa shape index (κ3) is 4.62. The molecular formula is C31H35F4NO3. The maximum absolute atomic E-state index is 14.1. The molecule has 2 bridgehead atoms. The minimum atomic E-state index is -4.54. The average molecular weight is 546 g/mol. The summed E-state index contributed by atoms with van der Waals surface area (Å²) in [5.74, 6) is -0.408. The Morgan fingerprint density at radius 3 is 2.36 bits per heavy atom. The highest BCUT2D eigenvalue weighted by Crippen LogP contribution is 2.55. The number of alkyl halides is 3. The van der Waals surface area contributed by atoms with Crippen molar-refractivity contribution in [3.8, 4) is 5.75 Å². The number of piperidine rings is 1. The molecule has 1 unspecified atom stereocenters. The van der Waals surface area contributed by atoms with E-state index in [1.165, 1.54) is 0 Å². The largest absolute Gasteiger partial charge is 0.486 e. The van der Waals surface area contributed by atoms with E-state index in [0.717, 1.165) is 73.6 Å². The lowest BCUT2D eigenvalue weighted by Crippen LogP contribution is -2.58. The molecule has 0 radical (unpaired) electrons. The van der Waals surface area contributed by atoms with Gasteiger partial charge in [0.25, 0.3) is 0 Å². The molecule has 2 heterocycles. The molecule has 2 saturated carbocycles. The van der Waals surface area contributed by atoms with Gasteiger partial charge < -0.3 is 9.84 Å². The molecule has 2 aromatic carbocycles. The molecule has 2 aliphatic heterocycles. The Morgan fingerprint density at radius 2 is 1.74 bits per heavy atom. The van der Waals surface area contributed by atoms with Crippen molar-refractivity contribution >= 4 is 5.97 Å². The molecule has 0 amide bonds. The number of aliphatic carboxylic acids is 1. The molecule has 4 nitrogen and oxygen atoms in total. The monoisotopic (exact) mass is 545 g/mol. The minimum Gasteiger partial charge on any atom is -0.486 e. The predicted molar refractivity (Wildman–Crippen MR) is 138 cm³/mol. The van der Waals surface area contributed by atoms with Gasteiger partial charge in [-0.2, -0.15) is 13.2 Å². The quantitative estimate of drug-likeness (QED) is 0.389. The number of nitrogens with zero attached hydrogens (tertiary/aromatic N) is 1. The number of ether oxygens (including phenoxy) is 1. The van der Waals surface area contributed by atoms with Gasteiger partial charge in [-0.25, -0.2) is 4.39 Å². The van der Waals surface area contributed by atoms with Gasteiger partial charge in [0.15, 0.2) is 0 Å². The fourth-order valence-electron chi connectivity index (χ4n) is 7.83. The van der Waals surface area contributed by atoms with Crippen LogP contribution in [0.25, 0.3) is 0 Å². The number of fused-ring (bicyclic) bond motifs is 1. The van der Waals surface area contributed by atoms with Crippen molar-refractivity contribution in [1.82, 2.24) is 4.90 Å². The van der Waals surface area contributed by atoms with E-state index in [2.05, 4.69) is 23.1 Å². The second-order valence-electron chi connectivity index (χ2n) is 12.2. The topological polar surface area (TPSA) is 49.8 Å². The van der Waals surface area contributed by atoms with E-state index in [9.17, 15) is 27.5 Å². The number of carboxylic acids is 1. The second kappa shape index (κ2) is 9.50. The standard InChI is InChI=1S/C31H35F4NO3/c1-17(29(37)38)28(20-4-5-20)21-6-3-19-11-12-30(39-27(19)13-21)22-7-8-23(30)16-36(15-22)18(2)25-14-24(32)9-10-26(25)31(33,34)35/h3,6,9-10,13-14,17-18,20,22-23,28H,4-5,7-8,11-12,15-16H2,1-2H3,(H,37,38)/t17-,18-,22+,23+,28?/m0/s1. The second-order valence-corrected chi connectivity index (χ2v) is 12.2. The van der Waals surface area contributed by atoms with Crippen LogP contribution in [0.15, 0.2) is 36.4 Å². The van der Waals surface area contributed by atoms with Crippen LogP contribution < -0.4 is 4.74 Å². The highest BCUT2D eigenvalue weighted by molar-refractivity contribution is 5.71. The van der Waals surface area contributed by atoms with Crippen LogP contribution in [0.3, 0.4) is 0 Å². The van der Waals surface area contributed by atoms with Crippen molar-refractivity contribution in [2.75, 3.05) is 13.1 Å². The summed E-state index contributed by atoms with van der Waals surface area (Å²) >= 11 is 0. The Bertz CT molecular complexity index is 1260. The first-order chi connectivity index (χ1) is 18.5. The lowest BCUT2D eigenvalue weighted by molar-refractivity contribution is -0.142. The molecule has 1 spiro atoms. The van der Waals surface area contributed by atoms with Crippen LogP contribution in [0.2, 0.25) is 0 Å². The first kappa shape index (κ1) is 26.6. The van der Waals surface area contributed by atoms with Crippen LogP contribution in [-0.2, 0) is 17.4 Å². The van der Waals surface area contributed by atoms with E-state index in [-0.39, 0.29) is 28.9 Å². The van der Waals surface area contributed by atoms with Crippen molar-refractivity contribution in [1.29, 1.82) is 0 Å². The van der Waals surface area contributed by atoms with Crippen molar-refractivity contribution in [3.05, 3.63) is 64.5 Å². The summed E-state index contributed by atoms with van der Waals surface area (Å²) in [7, 11) is 0. The molecule has 5 atom stereocenters. The highest BCUT2D eigenvalue weighted by Gasteiger charge is 2.57. The molecule has 3 fully saturated rings. The highest BCUT2D eigenvalue weighted by atomic mass is 19.4. The molecule has 1 saturated heterocycles. The smallest absolute Gasteiger partial charge is 0.416 e. The number of likely N-dealkylation sites (tertiary alicyclic amines) is 1. The van der Waals surface area contributed by atoms with Crippen molar-refractivity contribution in [2.24, 2.45) is 23.7 Å². The molecule has 2 aromatic rings. The molecular weight excluding hydrogens is 510 g/mol. The zero-order valence-corrected chi connectivity index (χ0v) is 22.3. The SMILES string of the molecule is C[C@H](C(=O)O)C(c1ccc2c(c1)OC1(CC2)[C@@H]2CC[C@@H]1CN([C@@H](C)c1cc(F)ccc1C(F)(F)F)C2)C1CC1. The van der Waals surface area contributed by atoms with Gasteiger partial charge >= 0.3 is 12.1 Å². The number of halogens is 4. The van der Waals surface area contributed by atoms with Crippen molar-refractivity contribution in [2.45, 2.75) is 76.1 Å². The lowest BCUT2D eigenvalue weighted by Gasteiger charge is -2.51. The molecule has 4 aliphatic rings. The average Bonchev–Trinajstić information content (AvgIpc) is 3.70. The van der Waals surface area contributed by atoms with Gasteiger partial charge in [0.05, 0.1) is 11.5 Å². The minimum absolute atomic E-state index is 0.0175. The van der Waals surface area contributed by atoms with Crippen LogP contribution >= 0.6 is 0 Å². The summed E-state index contributed by atoms with van der Waals surface area (Å²) in [5.41, 5.74) is 0.986. The number of carbonyl (C=O) groups is 1. The van der Waals surface area contributed by atoms with Crippen molar-refractivity contribution in [3.63, 3.8) is 0 Å². The number of rotatable bonds is 6. The Balaban J connectivity index is 1.25. The number of carboxylic acid groups (broad SMARTS) is 1. The summed E-state index contributed by atoms with van der Waals surface area (Å²) in [4.78, 5) is 13.9. The third-order valence-electron chi connectivity index (χ3n) is 10.1. The van der Waals surface area contributed by atoms with Gasteiger partial charge in [0.2, 0.25) is 0 Å². The van der Waals surface area contributed by atoms with Gasteiger partial charge in [0.1, 0.15) is 17.2 Å². The van der Waals surface area contributed by atoms with Crippen LogP contribution in [0, 0.1) is 29.5 Å². The summed E-state index contributed by atoms with van der Waals surface area (Å²) in [6.45, 7) is 4.72. The Kier molecular flexibility index (Phi) is 6.48. The number of benzene rings is 2. The van der Waals surface area contributed by atoms with Gasteiger partial charge in [-0.1, -0.05) is 19.1 Å². The Hall–Kier alpha value is -2.61. The zero-order valence-electron chi connectivity index (χ0n) is 22.3. The molecule has 6 rings (SSSR count). The predicted octanol–water partition coefficient (Wildman–Crippen LogP) is 7.23. The molecule has 210 valence electrons. The van der Waals surface area contributed by atoms with Crippen molar-refractivity contribution < 1.29 is 32.2 Å². The molecule has 2 aliphatic carbocycles. The Morgan fingerprint density at radius 1 is 1.05 bits per heavy atom. The summed E-state index contributed by atoms with van der Waals surface area (Å²) in [6, 6.07) is 8.40. The van der Waals surface area contributed by atoms with E-state index in [0.29, 0.717) is 19.0 Å². The number of aryl methyl sites for hydroxylation is 1. The van der Waals surface area contributed by atoms with E-state index in [1.807, 2.05) is 0 Å². The zero-order chi connectivity index (χ0) is 27.7. The fraction of sp³-hybridized carbons (Fsp3) is 0.581. The van der Waals surface area contributed by atoms with Crippen LogP contribution in [0.5, 0.6) is 5.75 Å². The van der Waals surface area contributed by atoms with E-state index >= 15 is 0 Å². The number of hydrogen-bond donors (Lipinski definition) is 1. The van der Waals surface area contributed by atoms with Crippen LogP contribution in [0.4, 0.5) is 17.6 Å². The van der Waals surface area contributed by atoms with Gasteiger partial charge in [-0.3, -0.25) is 9.69 Å². The van der Waals surface area contributed by atoms with Crippen LogP contribution in [0.1, 0.15) is 80.2 Å².